The van der Waals surface area contributed by atoms with Gasteiger partial charge in [-0.15, -0.1) is 0 Å². The predicted molar refractivity (Wildman–Crippen MR) is 84.2 cm³/mol. The minimum Gasteiger partial charge on any atom is -0.444 e. The lowest BCUT2D eigenvalue weighted by Gasteiger charge is -2.36. The van der Waals surface area contributed by atoms with Crippen LogP contribution in [0, 0.1) is 5.92 Å². The lowest BCUT2D eigenvalue weighted by Crippen LogP contribution is -2.53. The molecular formula is C17H24N2O3. The average molecular weight is 304 g/mol. The van der Waals surface area contributed by atoms with Gasteiger partial charge < -0.3 is 15.4 Å². The second kappa shape index (κ2) is 6.81. The van der Waals surface area contributed by atoms with Crippen LogP contribution in [0.15, 0.2) is 30.3 Å². The summed E-state index contributed by atoms with van der Waals surface area (Å²) in [4.78, 5) is 23.9. The number of carbonyl (C=O) groups is 2. The third-order valence-corrected chi connectivity index (χ3v) is 3.62. The van der Waals surface area contributed by atoms with Gasteiger partial charge in [-0.25, -0.2) is 4.79 Å². The lowest BCUT2D eigenvalue weighted by atomic mass is 9.79. The second-order valence-electron chi connectivity index (χ2n) is 6.64. The van der Waals surface area contributed by atoms with Crippen LogP contribution in [-0.4, -0.2) is 23.6 Å². The highest BCUT2D eigenvalue weighted by Gasteiger charge is 2.38. The van der Waals surface area contributed by atoms with E-state index in [1.54, 1.807) is 0 Å². The van der Waals surface area contributed by atoms with Crippen LogP contribution in [0.2, 0.25) is 0 Å². The van der Waals surface area contributed by atoms with Gasteiger partial charge in [0.2, 0.25) is 5.91 Å². The number of alkyl carbamates (subject to hydrolysis) is 1. The van der Waals surface area contributed by atoms with Gasteiger partial charge in [0, 0.05) is 12.6 Å². The highest BCUT2D eigenvalue weighted by Crippen LogP contribution is 2.28. The first-order chi connectivity index (χ1) is 10.3. The van der Waals surface area contributed by atoms with Crippen molar-refractivity contribution in [1.29, 1.82) is 0 Å². The Labute approximate surface area is 131 Å². The Morgan fingerprint density at radius 2 is 1.86 bits per heavy atom. The Balaban J connectivity index is 1.78. The highest BCUT2D eigenvalue weighted by atomic mass is 16.6. The van der Waals surface area contributed by atoms with Crippen LogP contribution in [0.3, 0.4) is 0 Å². The molecule has 22 heavy (non-hydrogen) atoms. The Morgan fingerprint density at radius 1 is 1.18 bits per heavy atom. The zero-order chi connectivity index (χ0) is 16.2. The van der Waals surface area contributed by atoms with E-state index in [1.807, 2.05) is 51.1 Å². The Kier molecular flexibility index (Phi) is 5.06. The maximum absolute atomic E-state index is 12.2. The number of rotatable bonds is 4. The molecule has 0 spiro atoms. The van der Waals surface area contributed by atoms with Crippen LogP contribution in [0.5, 0.6) is 0 Å². The molecule has 5 heteroatoms. The summed E-state index contributed by atoms with van der Waals surface area (Å²) in [7, 11) is 0. The van der Waals surface area contributed by atoms with Crippen molar-refractivity contribution in [3.63, 3.8) is 0 Å². The second-order valence-corrected chi connectivity index (χ2v) is 6.64. The molecule has 1 aromatic carbocycles. The molecule has 1 aliphatic carbocycles. The number of hydrogen-bond acceptors (Lipinski definition) is 3. The van der Waals surface area contributed by atoms with E-state index in [-0.39, 0.29) is 17.9 Å². The molecule has 1 saturated carbocycles. The minimum atomic E-state index is -0.529. The molecule has 0 aliphatic heterocycles. The summed E-state index contributed by atoms with van der Waals surface area (Å²) in [6.07, 6.45) is 1.14. The summed E-state index contributed by atoms with van der Waals surface area (Å²) in [5, 5.41) is 5.70. The molecule has 0 unspecified atom stereocenters. The van der Waals surface area contributed by atoms with Gasteiger partial charge in [0.1, 0.15) is 5.60 Å². The molecule has 2 amide bonds. The topological polar surface area (TPSA) is 67.4 Å². The highest BCUT2D eigenvalue weighted by molar-refractivity contribution is 5.81. The van der Waals surface area contributed by atoms with E-state index < -0.39 is 11.7 Å². The monoisotopic (exact) mass is 304 g/mol. The molecule has 1 fully saturated rings. The molecule has 2 atom stereocenters. The van der Waals surface area contributed by atoms with Gasteiger partial charge in [-0.05, 0) is 39.2 Å². The zero-order valence-corrected chi connectivity index (χ0v) is 13.4. The first-order valence-corrected chi connectivity index (χ1v) is 7.66. The molecule has 0 saturated heterocycles. The van der Waals surface area contributed by atoms with Crippen molar-refractivity contribution in [3.8, 4) is 0 Å². The molecule has 0 radical (unpaired) electrons. The van der Waals surface area contributed by atoms with Gasteiger partial charge in [-0.1, -0.05) is 30.3 Å². The van der Waals surface area contributed by atoms with Crippen molar-refractivity contribution >= 4 is 12.0 Å². The number of amides is 2. The third kappa shape index (κ3) is 4.76. The fourth-order valence-electron chi connectivity index (χ4n) is 2.36. The number of ether oxygens (including phenoxy) is 1. The maximum Gasteiger partial charge on any atom is 0.407 e. The van der Waals surface area contributed by atoms with Crippen molar-refractivity contribution in [1.82, 2.24) is 10.6 Å². The standard InChI is InChI=1S/C17H24N2O3/c1-17(2,3)22-16(21)19-14-10-9-13(14)15(20)18-11-12-7-5-4-6-8-12/h4-8,13-14H,9-11H2,1-3H3,(H,18,20)(H,19,21)/t13-,14+/m0/s1. The largest absolute Gasteiger partial charge is 0.444 e. The average Bonchev–Trinajstić information content (AvgIpc) is 2.41. The first kappa shape index (κ1) is 16.3. The molecule has 5 nitrogen and oxygen atoms in total. The summed E-state index contributed by atoms with van der Waals surface area (Å²) in [6, 6.07) is 9.63. The van der Waals surface area contributed by atoms with Crippen molar-refractivity contribution in [3.05, 3.63) is 35.9 Å². The van der Waals surface area contributed by atoms with Crippen LogP contribution in [0.25, 0.3) is 0 Å². The molecule has 1 aromatic rings. The number of carbonyl (C=O) groups excluding carboxylic acids is 2. The minimum absolute atomic E-state index is 0.0174. The molecule has 0 heterocycles. The number of hydrogen-bond donors (Lipinski definition) is 2. The van der Waals surface area contributed by atoms with Crippen LogP contribution < -0.4 is 10.6 Å². The van der Waals surface area contributed by atoms with E-state index in [9.17, 15) is 9.59 Å². The van der Waals surface area contributed by atoms with Gasteiger partial charge in [0.15, 0.2) is 0 Å². The van der Waals surface area contributed by atoms with E-state index in [2.05, 4.69) is 10.6 Å². The smallest absolute Gasteiger partial charge is 0.407 e. The van der Waals surface area contributed by atoms with Gasteiger partial charge >= 0.3 is 6.09 Å². The normalized spacial score (nSPS) is 20.7. The lowest BCUT2D eigenvalue weighted by molar-refractivity contribution is -0.128. The summed E-state index contributed by atoms with van der Waals surface area (Å²) in [5.41, 5.74) is 0.533. The molecular weight excluding hydrogens is 280 g/mol. The maximum atomic E-state index is 12.2. The van der Waals surface area contributed by atoms with E-state index >= 15 is 0 Å². The van der Waals surface area contributed by atoms with Gasteiger partial charge in [0.25, 0.3) is 0 Å². The first-order valence-electron chi connectivity index (χ1n) is 7.66. The quantitative estimate of drug-likeness (QED) is 0.898. The van der Waals surface area contributed by atoms with Crippen LogP contribution in [0.1, 0.15) is 39.2 Å². The molecule has 0 bridgehead atoms. The van der Waals surface area contributed by atoms with Crippen molar-refractivity contribution < 1.29 is 14.3 Å². The summed E-state index contributed by atoms with van der Waals surface area (Å²) in [5.74, 6) is -0.188. The Hall–Kier alpha value is -2.04. The zero-order valence-electron chi connectivity index (χ0n) is 13.4. The van der Waals surface area contributed by atoms with Crippen molar-refractivity contribution in [2.45, 2.75) is 51.8 Å². The molecule has 2 rings (SSSR count). The summed E-state index contributed by atoms with van der Waals surface area (Å²) < 4.78 is 5.22. The van der Waals surface area contributed by atoms with Gasteiger partial charge in [-0.2, -0.15) is 0 Å². The van der Waals surface area contributed by atoms with E-state index in [1.165, 1.54) is 0 Å². The number of nitrogens with one attached hydrogen (secondary N) is 2. The molecule has 2 N–H and O–H groups in total. The Morgan fingerprint density at radius 3 is 2.41 bits per heavy atom. The fourth-order valence-corrected chi connectivity index (χ4v) is 2.36. The predicted octanol–water partition coefficient (Wildman–Crippen LogP) is 2.61. The number of benzene rings is 1. The Bertz CT molecular complexity index is 522. The molecule has 0 aromatic heterocycles. The van der Waals surface area contributed by atoms with E-state index in [0.29, 0.717) is 6.54 Å². The van der Waals surface area contributed by atoms with Crippen molar-refractivity contribution in [2.24, 2.45) is 5.92 Å². The fraction of sp³-hybridized carbons (Fsp3) is 0.529. The van der Waals surface area contributed by atoms with Crippen molar-refractivity contribution in [2.75, 3.05) is 0 Å². The molecule has 1 aliphatic rings. The SMILES string of the molecule is CC(C)(C)OC(=O)N[C@@H]1CC[C@@H]1C(=O)NCc1ccccc1. The van der Waals surface area contributed by atoms with E-state index in [0.717, 1.165) is 18.4 Å². The molecule has 120 valence electrons. The van der Waals surface area contributed by atoms with Crippen LogP contribution in [-0.2, 0) is 16.1 Å². The van der Waals surface area contributed by atoms with Gasteiger partial charge in [0.05, 0.1) is 5.92 Å². The van der Waals surface area contributed by atoms with E-state index in [4.69, 9.17) is 4.74 Å². The third-order valence-electron chi connectivity index (χ3n) is 3.62. The van der Waals surface area contributed by atoms with Crippen LogP contribution >= 0.6 is 0 Å². The van der Waals surface area contributed by atoms with Crippen LogP contribution in [0.4, 0.5) is 4.79 Å². The van der Waals surface area contributed by atoms with Gasteiger partial charge in [-0.3, -0.25) is 4.79 Å². The summed E-state index contributed by atoms with van der Waals surface area (Å²) >= 11 is 0. The summed E-state index contributed by atoms with van der Waals surface area (Å²) in [6.45, 7) is 5.96.